The van der Waals surface area contributed by atoms with Crippen LogP contribution in [0.3, 0.4) is 0 Å². The molecule has 0 saturated carbocycles. The van der Waals surface area contributed by atoms with Crippen LogP contribution in [0.25, 0.3) is 0 Å². The van der Waals surface area contributed by atoms with Crippen LogP contribution in [-0.2, 0) is 11.2 Å². The van der Waals surface area contributed by atoms with Crippen LogP contribution in [0.5, 0.6) is 0 Å². The zero-order valence-electron chi connectivity index (χ0n) is 11.5. The summed E-state index contributed by atoms with van der Waals surface area (Å²) in [6.07, 6.45) is 4.16. The van der Waals surface area contributed by atoms with Crippen LogP contribution in [-0.4, -0.2) is 25.3 Å². The van der Waals surface area contributed by atoms with Gasteiger partial charge in [-0.2, -0.15) is 0 Å². The van der Waals surface area contributed by atoms with E-state index in [4.69, 9.17) is 16.3 Å². The van der Waals surface area contributed by atoms with Crippen molar-refractivity contribution in [3.63, 3.8) is 0 Å². The maximum absolute atomic E-state index is 13.2. The topological polar surface area (TPSA) is 21.3 Å². The number of hydrogen-bond donors (Lipinski definition) is 1. The molecule has 2 unspecified atom stereocenters. The Balaban J connectivity index is 2.11. The van der Waals surface area contributed by atoms with Crippen LogP contribution in [0.2, 0.25) is 5.02 Å². The minimum absolute atomic E-state index is 0.159. The molecule has 2 rings (SSSR count). The summed E-state index contributed by atoms with van der Waals surface area (Å²) in [7, 11) is 1.94. The lowest BCUT2D eigenvalue weighted by molar-refractivity contribution is -0.0870. The van der Waals surface area contributed by atoms with Crippen molar-refractivity contribution < 1.29 is 9.13 Å². The second kappa shape index (κ2) is 6.21. The first-order valence-corrected chi connectivity index (χ1v) is 7.18. The summed E-state index contributed by atoms with van der Waals surface area (Å²) in [5.74, 6) is -0.369. The standard InChI is InChI=1S/C15H21ClFNO/c1-15(7-3-4-8-19-15)14(18-2)10-11-5-6-13(17)12(16)9-11/h5-6,9,14,18H,3-4,7-8,10H2,1-2H3. The lowest BCUT2D eigenvalue weighted by atomic mass is 9.85. The molecule has 1 aromatic carbocycles. The molecule has 1 aromatic rings. The van der Waals surface area contributed by atoms with E-state index in [0.29, 0.717) is 0 Å². The van der Waals surface area contributed by atoms with Crippen LogP contribution in [0.4, 0.5) is 4.39 Å². The minimum atomic E-state index is -0.369. The fourth-order valence-electron chi connectivity index (χ4n) is 2.76. The third kappa shape index (κ3) is 3.47. The van der Waals surface area contributed by atoms with Gasteiger partial charge in [0.2, 0.25) is 0 Å². The molecule has 1 aliphatic heterocycles. The SMILES string of the molecule is CNC(Cc1ccc(F)c(Cl)c1)C1(C)CCCCO1. The summed E-state index contributed by atoms with van der Waals surface area (Å²) < 4.78 is 19.2. The molecule has 19 heavy (non-hydrogen) atoms. The van der Waals surface area contributed by atoms with E-state index in [2.05, 4.69) is 12.2 Å². The Morgan fingerprint density at radius 2 is 2.26 bits per heavy atom. The number of benzene rings is 1. The quantitative estimate of drug-likeness (QED) is 0.913. The summed E-state index contributed by atoms with van der Waals surface area (Å²) in [4.78, 5) is 0. The van der Waals surface area contributed by atoms with Crippen LogP contribution in [0, 0.1) is 5.82 Å². The summed E-state index contributed by atoms with van der Waals surface area (Å²) in [6.45, 7) is 2.97. The zero-order valence-corrected chi connectivity index (χ0v) is 12.3. The van der Waals surface area contributed by atoms with Gasteiger partial charge in [0.15, 0.2) is 0 Å². The van der Waals surface area contributed by atoms with Gasteiger partial charge in [-0.3, -0.25) is 0 Å². The van der Waals surface area contributed by atoms with Gasteiger partial charge in [-0.1, -0.05) is 17.7 Å². The fourth-order valence-corrected chi connectivity index (χ4v) is 2.96. The Labute approximate surface area is 119 Å². The molecule has 0 aliphatic carbocycles. The minimum Gasteiger partial charge on any atom is -0.374 e. The van der Waals surface area contributed by atoms with Gasteiger partial charge >= 0.3 is 0 Å². The van der Waals surface area contributed by atoms with Crippen molar-refractivity contribution >= 4 is 11.6 Å². The van der Waals surface area contributed by atoms with Crippen molar-refractivity contribution in [2.75, 3.05) is 13.7 Å². The molecule has 1 heterocycles. The molecule has 1 aliphatic rings. The highest BCUT2D eigenvalue weighted by Crippen LogP contribution is 2.30. The van der Waals surface area contributed by atoms with Gasteiger partial charge in [0.05, 0.1) is 10.6 Å². The maximum atomic E-state index is 13.2. The van der Waals surface area contributed by atoms with Gasteiger partial charge in [-0.05, 0) is 57.4 Å². The van der Waals surface area contributed by atoms with E-state index in [1.54, 1.807) is 12.1 Å². The largest absolute Gasteiger partial charge is 0.374 e. The van der Waals surface area contributed by atoms with E-state index in [1.165, 1.54) is 12.5 Å². The lowest BCUT2D eigenvalue weighted by Gasteiger charge is -2.40. The number of likely N-dealkylation sites (N-methyl/N-ethyl adjacent to an activating group) is 1. The average Bonchev–Trinajstić information content (AvgIpc) is 2.40. The van der Waals surface area contributed by atoms with Gasteiger partial charge in [-0.25, -0.2) is 4.39 Å². The number of halogens is 2. The van der Waals surface area contributed by atoms with Crippen molar-refractivity contribution in [3.05, 3.63) is 34.6 Å². The maximum Gasteiger partial charge on any atom is 0.141 e. The average molecular weight is 286 g/mol. The van der Waals surface area contributed by atoms with E-state index in [0.717, 1.165) is 31.4 Å². The number of ether oxygens (including phenoxy) is 1. The van der Waals surface area contributed by atoms with E-state index in [1.807, 2.05) is 7.05 Å². The summed E-state index contributed by atoms with van der Waals surface area (Å²) in [5.41, 5.74) is 0.870. The molecular weight excluding hydrogens is 265 g/mol. The van der Waals surface area contributed by atoms with Crippen LogP contribution in [0.15, 0.2) is 18.2 Å². The Bertz CT molecular complexity index is 432. The van der Waals surface area contributed by atoms with Gasteiger partial charge < -0.3 is 10.1 Å². The molecule has 2 nitrogen and oxygen atoms in total. The summed E-state index contributed by atoms with van der Waals surface area (Å²) >= 11 is 5.83. The zero-order chi connectivity index (χ0) is 13.9. The van der Waals surface area contributed by atoms with E-state index >= 15 is 0 Å². The van der Waals surface area contributed by atoms with E-state index < -0.39 is 0 Å². The summed E-state index contributed by atoms with van der Waals surface area (Å²) in [6, 6.07) is 5.12. The van der Waals surface area contributed by atoms with Crippen molar-refractivity contribution in [2.24, 2.45) is 0 Å². The second-order valence-corrected chi connectivity index (χ2v) is 5.82. The number of hydrogen-bond acceptors (Lipinski definition) is 2. The monoisotopic (exact) mass is 285 g/mol. The molecular formula is C15H21ClFNO. The van der Waals surface area contributed by atoms with E-state index in [9.17, 15) is 4.39 Å². The summed E-state index contributed by atoms with van der Waals surface area (Å²) in [5, 5.41) is 3.52. The normalized spacial score (nSPS) is 25.3. The Morgan fingerprint density at radius 1 is 1.47 bits per heavy atom. The predicted octanol–water partition coefficient (Wildman–Crippen LogP) is 3.57. The molecule has 1 N–H and O–H groups in total. The number of nitrogens with one attached hydrogen (secondary N) is 1. The lowest BCUT2D eigenvalue weighted by Crippen LogP contribution is -2.52. The Morgan fingerprint density at radius 3 is 2.84 bits per heavy atom. The molecule has 1 fully saturated rings. The first kappa shape index (κ1) is 14.8. The number of rotatable bonds is 4. The fraction of sp³-hybridized carbons (Fsp3) is 0.600. The smallest absolute Gasteiger partial charge is 0.141 e. The third-order valence-electron chi connectivity index (χ3n) is 4.01. The van der Waals surface area contributed by atoms with Crippen molar-refractivity contribution in [1.82, 2.24) is 5.32 Å². The molecule has 0 radical (unpaired) electrons. The predicted molar refractivity (Wildman–Crippen MR) is 76.2 cm³/mol. The third-order valence-corrected chi connectivity index (χ3v) is 4.30. The first-order valence-electron chi connectivity index (χ1n) is 6.80. The molecule has 0 amide bonds. The second-order valence-electron chi connectivity index (χ2n) is 5.41. The molecule has 1 saturated heterocycles. The van der Waals surface area contributed by atoms with Gasteiger partial charge in [0, 0.05) is 12.6 Å². The molecule has 106 valence electrons. The Kier molecular flexibility index (Phi) is 4.82. The van der Waals surface area contributed by atoms with Crippen LogP contribution < -0.4 is 5.32 Å². The van der Waals surface area contributed by atoms with Crippen LogP contribution in [0.1, 0.15) is 31.7 Å². The first-order chi connectivity index (χ1) is 9.05. The van der Waals surface area contributed by atoms with E-state index in [-0.39, 0.29) is 22.5 Å². The highest BCUT2D eigenvalue weighted by Gasteiger charge is 2.35. The van der Waals surface area contributed by atoms with Gasteiger partial charge in [0.1, 0.15) is 5.82 Å². The van der Waals surface area contributed by atoms with Crippen molar-refractivity contribution in [2.45, 2.75) is 44.2 Å². The van der Waals surface area contributed by atoms with Crippen molar-refractivity contribution in [3.8, 4) is 0 Å². The Hall–Kier alpha value is -0.640. The molecule has 0 aromatic heterocycles. The van der Waals surface area contributed by atoms with Gasteiger partial charge in [-0.15, -0.1) is 0 Å². The van der Waals surface area contributed by atoms with Crippen molar-refractivity contribution in [1.29, 1.82) is 0 Å². The van der Waals surface area contributed by atoms with Gasteiger partial charge in [0.25, 0.3) is 0 Å². The molecule has 0 spiro atoms. The highest BCUT2D eigenvalue weighted by atomic mass is 35.5. The molecule has 4 heteroatoms. The highest BCUT2D eigenvalue weighted by molar-refractivity contribution is 6.30. The molecule has 0 bridgehead atoms. The molecule has 2 atom stereocenters. The van der Waals surface area contributed by atoms with Crippen LogP contribution >= 0.6 is 11.6 Å².